The SMILES string of the molecule is CCCNC(C)C1(Cc2ccn(C(C)C)n2)CC1. The summed E-state index contributed by atoms with van der Waals surface area (Å²) in [6.07, 6.45) is 7.14. The molecule has 1 aromatic rings. The van der Waals surface area contributed by atoms with Crippen LogP contribution in [-0.2, 0) is 6.42 Å². The first kappa shape index (κ1) is 13.6. The number of aromatic nitrogens is 2. The van der Waals surface area contributed by atoms with Gasteiger partial charge in [-0.05, 0) is 64.5 Å². The monoisotopic (exact) mass is 249 g/mol. The molecule has 1 aliphatic rings. The minimum Gasteiger partial charge on any atom is -0.314 e. The maximum atomic E-state index is 4.69. The molecule has 0 aliphatic heterocycles. The lowest BCUT2D eigenvalue weighted by atomic mass is 9.92. The zero-order chi connectivity index (χ0) is 13.2. The lowest BCUT2D eigenvalue weighted by Gasteiger charge is -2.23. The molecule has 1 fully saturated rings. The fourth-order valence-corrected chi connectivity index (χ4v) is 2.62. The van der Waals surface area contributed by atoms with E-state index in [2.05, 4.69) is 55.1 Å². The summed E-state index contributed by atoms with van der Waals surface area (Å²) >= 11 is 0. The molecule has 3 heteroatoms. The summed E-state index contributed by atoms with van der Waals surface area (Å²) in [7, 11) is 0. The van der Waals surface area contributed by atoms with Crippen LogP contribution in [0.2, 0.25) is 0 Å². The fourth-order valence-electron chi connectivity index (χ4n) is 2.62. The number of hydrogen-bond donors (Lipinski definition) is 1. The normalized spacial score (nSPS) is 19.2. The predicted molar refractivity (Wildman–Crippen MR) is 75.7 cm³/mol. The van der Waals surface area contributed by atoms with E-state index in [4.69, 9.17) is 0 Å². The maximum Gasteiger partial charge on any atom is 0.0630 e. The molecule has 0 spiro atoms. The largest absolute Gasteiger partial charge is 0.314 e. The van der Waals surface area contributed by atoms with Crippen LogP contribution in [0.4, 0.5) is 0 Å². The summed E-state index contributed by atoms with van der Waals surface area (Å²) in [4.78, 5) is 0. The van der Waals surface area contributed by atoms with Gasteiger partial charge >= 0.3 is 0 Å². The molecule has 1 heterocycles. The van der Waals surface area contributed by atoms with Gasteiger partial charge < -0.3 is 5.32 Å². The summed E-state index contributed by atoms with van der Waals surface area (Å²) in [6, 6.07) is 3.26. The van der Waals surface area contributed by atoms with Gasteiger partial charge in [0.15, 0.2) is 0 Å². The van der Waals surface area contributed by atoms with Gasteiger partial charge in [0.2, 0.25) is 0 Å². The Bertz CT molecular complexity index is 377. The van der Waals surface area contributed by atoms with Gasteiger partial charge in [0.1, 0.15) is 0 Å². The zero-order valence-electron chi connectivity index (χ0n) is 12.2. The van der Waals surface area contributed by atoms with Crippen molar-refractivity contribution >= 4 is 0 Å². The highest BCUT2D eigenvalue weighted by Gasteiger charge is 2.47. The Hall–Kier alpha value is -0.830. The average Bonchev–Trinajstić information content (AvgIpc) is 2.96. The Kier molecular flexibility index (Phi) is 4.10. The highest BCUT2D eigenvalue weighted by Crippen LogP contribution is 2.51. The second-order valence-corrected chi connectivity index (χ2v) is 6.10. The topological polar surface area (TPSA) is 29.9 Å². The third-order valence-corrected chi connectivity index (χ3v) is 4.24. The van der Waals surface area contributed by atoms with Crippen LogP contribution in [0.3, 0.4) is 0 Å². The van der Waals surface area contributed by atoms with E-state index >= 15 is 0 Å². The van der Waals surface area contributed by atoms with Crippen molar-refractivity contribution in [1.29, 1.82) is 0 Å². The molecule has 1 atom stereocenters. The van der Waals surface area contributed by atoms with E-state index in [0.29, 0.717) is 17.5 Å². The van der Waals surface area contributed by atoms with Gasteiger partial charge in [0.05, 0.1) is 5.69 Å². The van der Waals surface area contributed by atoms with Crippen LogP contribution in [0, 0.1) is 5.41 Å². The van der Waals surface area contributed by atoms with Gasteiger partial charge in [0.25, 0.3) is 0 Å². The van der Waals surface area contributed by atoms with E-state index in [1.807, 2.05) is 0 Å². The van der Waals surface area contributed by atoms with Crippen molar-refractivity contribution in [3.8, 4) is 0 Å². The molecule has 3 nitrogen and oxygen atoms in total. The molecule has 102 valence electrons. The molecule has 2 rings (SSSR count). The summed E-state index contributed by atoms with van der Waals surface area (Å²) in [5.41, 5.74) is 1.73. The minimum atomic E-state index is 0.463. The molecular weight excluding hydrogens is 222 g/mol. The summed E-state index contributed by atoms with van der Waals surface area (Å²) < 4.78 is 2.07. The minimum absolute atomic E-state index is 0.463. The van der Waals surface area contributed by atoms with Crippen molar-refractivity contribution in [2.75, 3.05) is 6.54 Å². The molecule has 0 aromatic carbocycles. The number of nitrogens with zero attached hydrogens (tertiary/aromatic N) is 2. The number of rotatable bonds is 7. The van der Waals surface area contributed by atoms with Gasteiger partial charge in [-0.1, -0.05) is 6.92 Å². The van der Waals surface area contributed by atoms with Crippen LogP contribution in [0.25, 0.3) is 0 Å². The van der Waals surface area contributed by atoms with Crippen LogP contribution in [0.15, 0.2) is 12.3 Å². The first-order valence-electron chi connectivity index (χ1n) is 7.35. The van der Waals surface area contributed by atoms with Gasteiger partial charge in [-0.25, -0.2) is 0 Å². The van der Waals surface area contributed by atoms with Crippen LogP contribution in [0.1, 0.15) is 58.7 Å². The van der Waals surface area contributed by atoms with Crippen molar-refractivity contribution in [2.24, 2.45) is 5.41 Å². The van der Waals surface area contributed by atoms with Crippen molar-refractivity contribution in [2.45, 2.75) is 65.5 Å². The molecule has 0 saturated heterocycles. The fraction of sp³-hybridized carbons (Fsp3) is 0.800. The molecule has 1 saturated carbocycles. The highest BCUT2D eigenvalue weighted by atomic mass is 15.3. The standard InChI is InChI=1S/C15H27N3/c1-5-9-16-13(4)15(7-8-15)11-14-6-10-18(17-14)12(2)3/h6,10,12-13,16H,5,7-9,11H2,1-4H3. The maximum absolute atomic E-state index is 4.69. The van der Waals surface area contributed by atoms with E-state index < -0.39 is 0 Å². The van der Waals surface area contributed by atoms with Crippen molar-refractivity contribution in [1.82, 2.24) is 15.1 Å². The summed E-state index contributed by atoms with van der Waals surface area (Å²) in [5, 5.41) is 8.34. The Labute approximate surface area is 111 Å². The summed E-state index contributed by atoms with van der Waals surface area (Å²) in [5.74, 6) is 0. The van der Waals surface area contributed by atoms with E-state index in [9.17, 15) is 0 Å². The van der Waals surface area contributed by atoms with E-state index in [1.165, 1.54) is 25.0 Å². The van der Waals surface area contributed by atoms with Crippen LogP contribution < -0.4 is 5.32 Å². The Morgan fingerprint density at radius 3 is 2.61 bits per heavy atom. The average molecular weight is 249 g/mol. The van der Waals surface area contributed by atoms with Gasteiger partial charge in [0, 0.05) is 18.3 Å². The lowest BCUT2D eigenvalue weighted by Crippen LogP contribution is -2.36. The predicted octanol–water partition coefficient (Wildman–Crippen LogP) is 3.17. The van der Waals surface area contributed by atoms with E-state index in [0.717, 1.165) is 13.0 Å². The zero-order valence-corrected chi connectivity index (χ0v) is 12.2. The second-order valence-electron chi connectivity index (χ2n) is 6.10. The Balaban J connectivity index is 1.95. The van der Waals surface area contributed by atoms with Crippen molar-refractivity contribution in [3.63, 3.8) is 0 Å². The first-order chi connectivity index (χ1) is 8.57. The van der Waals surface area contributed by atoms with E-state index in [1.54, 1.807) is 0 Å². The van der Waals surface area contributed by atoms with Crippen LogP contribution in [0.5, 0.6) is 0 Å². The summed E-state index contributed by atoms with van der Waals surface area (Å²) in [6.45, 7) is 10.0. The number of hydrogen-bond acceptors (Lipinski definition) is 2. The third-order valence-electron chi connectivity index (χ3n) is 4.24. The molecule has 0 amide bonds. The molecule has 0 bridgehead atoms. The van der Waals surface area contributed by atoms with Crippen LogP contribution in [-0.4, -0.2) is 22.4 Å². The molecule has 1 aliphatic carbocycles. The molecular formula is C15H27N3. The molecule has 0 radical (unpaired) electrons. The first-order valence-corrected chi connectivity index (χ1v) is 7.35. The van der Waals surface area contributed by atoms with Gasteiger partial charge in [-0.3, -0.25) is 4.68 Å². The third kappa shape index (κ3) is 2.94. The van der Waals surface area contributed by atoms with Gasteiger partial charge in [-0.2, -0.15) is 5.10 Å². The molecule has 18 heavy (non-hydrogen) atoms. The van der Waals surface area contributed by atoms with Gasteiger partial charge in [-0.15, -0.1) is 0 Å². The second kappa shape index (κ2) is 5.43. The highest BCUT2D eigenvalue weighted by molar-refractivity contribution is 5.11. The number of nitrogens with one attached hydrogen (secondary N) is 1. The quantitative estimate of drug-likeness (QED) is 0.804. The smallest absolute Gasteiger partial charge is 0.0630 e. The lowest BCUT2D eigenvalue weighted by molar-refractivity contribution is 0.346. The van der Waals surface area contributed by atoms with Crippen molar-refractivity contribution in [3.05, 3.63) is 18.0 Å². The van der Waals surface area contributed by atoms with Crippen molar-refractivity contribution < 1.29 is 0 Å². The Morgan fingerprint density at radius 1 is 1.39 bits per heavy atom. The van der Waals surface area contributed by atoms with Crippen LogP contribution >= 0.6 is 0 Å². The molecule has 1 aromatic heterocycles. The van der Waals surface area contributed by atoms with E-state index in [-0.39, 0.29) is 0 Å². The molecule has 1 unspecified atom stereocenters. The molecule has 1 N–H and O–H groups in total. The Morgan fingerprint density at radius 2 is 2.11 bits per heavy atom.